The van der Waals surface area contributed by atoms with E-state index in [2.05, 4.69) is 4.52 Å². The Morgan fingerprint density at radius 2 is 1.72 bits per heavy atom. The van der Waals surface area contributed by atoms with E-state index in [1.807, 2.05) is 0 Å². The molecule has 108 valence electrons. The molecule has 0 rings (SSSR count). The molecule has 0 aromatic heterocycles. The lowest BCUT2D eigenvalue weighted by molar-refractivity contribution is -0.132. The maximum atomic E-state index is 11.7. The Hall–Kier alpha value is -0.230. The van der Waals surface area contributed by atoms with E-state index in [1.165, 1.54) is 0 Å². The summed E-state index contributed by atoms with van der Waals surface area (Å²) in [5, 5.41) is 6.55. The average molecular weight is 304 g/mol. The van der Waals surface area contributed by atoms with Crippen molar-refractivity contribution in [3.63, 3.8) is 0 Å². The highest BCUT2D eigenvalue weighted by Crippen LogP contribution is 2.71. The van der Waals surface area contributed by atoms with Gasteiger partial charge in [-0.3, -0.25) is 9.36 Å². The van der Waals surface area contributed by atoms with Crippen molar-refractivity contribution in [1.29, 1.82) is 0 Å². The van der Waals surface area contributed by atoms with E-state index in [0.29, 0.717) is 12.8 Å². The zero-order valence-corrected chi connectivity index (χ0v) is 11.9. The number of carbonyl (C=O) groups excluding carboxylic acids is 1. The van der Waals surface area contributed by atoms with Gasteiger partial charge in [0.05, 0.1) is 0 Å². The van der Waals surface area contributed by atoms with Gasteiger partial charge in [-0.15, -0.1) is 0 Å². The molecule has 2 atom stereocenters. The van der Waals surface area contributed by atoms with Crippen LogP contribution in [0.1, 0.15) is 39.5 Å². The molecule has 0 fully saturated rings. The molecule has 0 radical (unpaired) electrons. The Kier molecular flexibility index (Phi) is 6.20. The molecule has 0 aliphatic heterocycles. The van der Waals surface area contributed by atoms with Crippen LogP contribution in [0.25, 0.3) is 0 Å². The lowest BCUT2D eigenvalue weighted by Crippen LogP contribution is -2.30. The van der Waals surface area contributed by atoms with Crippen LogP contribution in [-0.2, 0) is 18.4 Å². The first-order valence-electron chi connectivity index (χ1n) is 5.29. The minimum absolute atomic E-state index is 0.115. The fourth-order valence-electron chi connectivity index (χ4n) is 1.31. The van der Waals surface area contributed by atoms with Gasteiger partial charge >= 0.3 is 21.2 Å². The normalized spacial score (nSPS) is 18.8. The van der Waals surface area contributed by atoms with Crippen LogP contribution < -0.4 is 0 Å². The molecule has 8 nitrogen and oxygen atoms in total. The first kappa shape index (κ1) is 17.8. The van der Waals surface area contributed by atoms with E-state index in [-0.39, 0.29) is 6.42 Å². The molecule has 0 bridgehead atoms. The lowest BCUT2D eigenvalue weighted by Gasteiger charge is -2.31. The van der Waals surface area contributed by atoms with Crippen molar-refractivity contribution in [2.75, 3.05) is 0 Å². The van der Waals surface area contributed by atoms with Gasteiger partial charge in [-0.25, -0.2) is 4.57 Å². The smallest absolute Gasteiger partial charge is 0.390 e. The molecule has 2 unspecified atom stereocenters. The minimum Gasteiger partial charge on any atom is -0.390 e. The molecule has 0 saturated heterocycles. The van der Waals surface area contributed by atoms with Gasteiger partial charge in [0, 0.05) is 13.3 Å². The van der Waals surface area contributed by atoms with Gasteiger partial charge in [0.1, 0.15) is 0 Å². The molecule has 0 aliphatic rings. The number of carbonyl (C=O) groups is 1. The van der Waals surface area contributed by atoms with Gasteiger partial charge in [0.25, 0.3) is 5.08 Å². The Labute approximate surface area is 105 Å². The van der Waals surface area contributed by atoms with Crippen LogP contribution in [0, 0.1) is 0 Å². The molecule has 0 aromatic carbocycles. The topological polar surface area (TPSA) is 141 Å². The van der Waals surface area contributed by atoms with Crippen LogP contribution in [0.5, 0.6) is 0 Å². The number of rotatable bonds is 7. The van der Waals surface area contributed by atoms with E-state index in [0.717, 1.165) is 6.92 Å². The van der Waals surface area contributed by atoms with Crippen LogP contribution in [0.3, 0.4) is 0 Å². The monoisotopic (exact) mass is 304 g/mol. The molecule has 4 N–H and O–H groups in total. The quantitative estimate of drug-likeness (QED) is 0.405. The highest BCUT2D eigenvalue weighted by molar-refractivity contribution is 7.72. The van der Waals surface area contributed by atoms with E-state index in [4.69, 9.17) is 9.79 Å². The summed E-state index contributed by atoms with van der Waals surface area (Å²) in [5.41, 5.74) is 0. The maximum Gasteiger partial charge on any atom is 0.422 e. The SMILES string of the molecule is CCCCCC(O)(P(=O)(O)O)P(=O)(O)OC(C)=O. The Bertz CT molecular complexity index is 389. The summed E-state index contributed by atoms with van der Waals surface area (Å²) >= 11 is 0. The number of hydrogen-bond acceptors (Lipinski definition) is 5. The van der Waals surface area contributed by atoms with Crippen LogP contribution in [0.4, 0.5) is 0 Å². The Morgan fingerprint density at radius 3 is 2.06 bits per heavy atom. The summed E-state index contributed by atoms with van der Waals surface area (Å²) in [7, 11) is -10.5. The van der Waals surface area contributed by atoms with Crippen molar-refractivity contribution in [2.45, 2.75) is 44.6 Å². The molecule has 0 aromatic rings. The Morgan fingerprint density at radius 1 is 1.22 bits per heavy atom. The molecule has 18 heavy (non-hydrogen) atoms. The molecule has 0 amide bonds. The lowest BCUT2D eigenvalue weighted by atomic mass is 10.2. The van der Waals surface area contributed by atoms with Crippen molar-refractivity contribution >= 4 is 21.2 Å². The van der Waals surface area contributed by atoms with Gasteiger partial charge in [0.2, 0.25) is 0 Å². The number of hydrogen-bond donors (Lipinski definition) is 4. The molecule has 0 spiro atoms. The van der Waals surface area contributed by atoms with Crippen molar-refractivity contribution in [1.82, 2.24) is 0 Å². The second kappa shape index (κ2) is 6.28. The van der Waals surface area contributed by atoms with Crippen LogP contribution in [-0.4, -0.2) is 30.8 Å². The van der Waals surface area contributed by atoms with E-state index in [9.17, 15) is 23.9 Å². The maximum absolute atomic E-state index is 11.7. The van der Waals surface area contributed by atoms with Crippen LogP contribution in [0.15, 0.2) is 0 Å². The highest BCUT2D eigenvalue weighted by atomic mass is 31.2. The first-order chi connectivity index (χ1) is 7.98. The predicted octanol–water partition coefficient (Wildman–Crippen LogP) is 1.14. The summed E-state index contributed by atoms with van der Waals surface area (Å²) < 4.78 is 26.8. The zero-order chi connectivity index (χ0) is 14.6. The number of aliphatic hydroxyl groups is 1. The molecule has 0 aliphatic carbocycles. The summed E-state index contributed by atoms with van der Waals surface area (Å²) in [4.78, 5) is 38.1. The van der Waals surface area contributed by atoms with Crippen molar-refractivity contribution in [2.24, 2.45) is 0 Å². The second-order valence-corrected chi connectivity index (χ2v) is 8.02. The second-order valence-electron chi connectivity index (χ2n) is 3.88. The fraction of sp³-hybridized carbons (Fsp3) is 0.875. The minimum atomic E-state index is -5.34. The van der Waals surface area contributed by atoms with Crippen LogP contribution >= 0.6 is 15.2 Å². The standard InChI is InChI=1S/C8H18O8P2/c1-3-4-5-6-8(10,17(11,12)13)18(14,15)16-7(2)9/h10H,3-6H2,1-2H3,(H,14,15)(H2,11,12,13). The summed E-state index contributed by atoms with van der Waals surface area (Å²) in [5.74, 6) is -1.21. The molecular weight excluding hydrogens is 286 g/mol. The predicted molar refractivity (Wildman–Crippen MR) is 62.7 cm³/mol. The number of unbranched alkanes of at least 4 members (excludes halogenated alkanes) is 2. The van der Waals surface area contributed by atoms with E-state index < -0.39 is 32.7 Å². The third-order valence-corrected chi connectivity index (χ3v) is 6.62. The molecule has 10 heteroatoms. The molecule has 0 heterocycles. The van der Waals surface area contributed by atoms with Gasteiger partial charge < -0.3 is 24.3 Å². The zero-order valence-electron chi connectivity index (χ0n) is 10.1. The van der Waals surface area contributed by atoms with Gasteiger partial charge in [-0.05, 0) is 6.42 Å². The highest BCUT2D eigenvalue weighted by Gasteiger charge is 2.61. The van der Waals surface area contributed by atoms with Gasteiger partial charge in [-0.1, -0.05) is 19.8 Å². The summed E-state index contributed by atoms with van der Waals surface area (Å²) in [6.45, 7) is 2.61. The molecular formula is C8H18O8P2. The third-order valence-electron chi connectivity index (χ3n) is 2.29. The van der Waals surface area contributed by atoms with Crippen molar-refractivity contribution in [3.05, 3.63) is 0 Å². The van der Waals surface area contributed by atoms with Gasteiger partial charge in [0.15, 0.2) is 0 Å². The first-order valence-corrected chi connectivity index (χ1v) is 8.48. The Balaban J connectivity index is 5.28. The largest absolute Gasteiger partial charge is 0.422 e. The van der Waals surface area contributed by atoms with Crippen molar-refractivity contribution in [3.8, 4) is 0 Å². The summed E-state index contributed by atoms with van der Waals surface area (Å²) in [6, 6.07) is 0. The third kappa shape index (κ3) is 4.16. The van der Waals surface area contributed by atoms with Crippen molar-refractivity contribution < 1.29 is 38.2 Å². The average Bonchev–Trinajstić information content (AvgIpc) is 2.13. The van der Waals surface area contributed by atoms with Crippen LogP contribution in [0.2, 0.25) is 0 Å². The van der Waals surface area contributed by atoms with E-state index in [1.54, 1.807) is 6.92 Å². The fourth-order valence-corrected chi connectivity index (χ4v) is 4.14. The van der Waals surface area contributed by atoms with Gasteiger partial charge in [-0.2, -0.15) is 0 Å². The summed E-state index contributed by atoms with van der Waals surface area (Å²) in [6.07, 6.45) is 0.666. The van der Waals surface area contributed by atoms with E-state index >= 15 is 0 Å². The molecule has 0 saturated carbocycles.